The Morgan fingerprint density at radius 2 is 1.71 bits per heavy atom. The number of nitrogens with one attached hydrogen (secondary N) is 1. The van der Waals surface area contributed by atoms with Crippen molar-refractivity contribution in [2.45, 2.75) is 30.4 Å². The minimum absolute atomic E-state index is 0.0179. The van der Waals surface area contributed by atoms with Gasteiger partial charge in [-0.2, -0.15) is 0 Å². The molecule has 0 radical (unpaired) electrons. The van der Waals surface area contributed by atoms with E-state index in [0.717, 1.165) is 18.4 Å². The number of piperidine rings is 1. The number of pyridine rings is 1. The highest BCUT2D eigenvalue weighted by Gasteiger charge is 2.54. The number of aromatic nitrogens is 1. The van der Waals surface area contributed by atoms with Gasteiger partial charge in [0, 0.05) is 31.8 Å². The Kier molecular flexibility index (Phi) is 6.51. The second-order valence-corrected chi connectivity index (χ2v) is 9.05. The Morgan fingerprint density at radius 3 is 2.43 bits per heavy atom. The van der Waals surface area contributed by atoms with E-state index in [-0.39, 0.29) is 36.0 Å². The lowest BCUT2D eigenvalue weighted by atomic mass is 9.72. The fraction of sp³-hybridized carbons (Fsp3) is 0.321. The fourth-order valence-corrected chi connectivity index (χ4v) is 5.55. The second kappa shape index (κ2) is 9.88. The molecule has 1 N–H and O–H groups in total. The van der Waals surface area contributed by atoms with Gasteiger partial charge in [0.2, 0.25) is 0 Å². The van der Waals surface area contributed by atoms with Gasteiger partial charge in [0.15, 0.2) is 6.61 Å². The Bertz CT molecular complexity index is 1180. The summed E-state index contributed by atoms with van der Waals surface area (Å²) in [5.41, 5.74) is 2.34. The molecular formula is C28H29N3O4. The molecule has 5 rings (SSSR count). The quantitative estimate of drug-likeness (QED) is 0.595. The summed E-state index contributed by atoms with van der Waals surface area (Å²) in [6.45, 7) is 1.22. The van der Waals surface area contributed by atoms with Gasteiger partial charge >= 0.3 is 0 Å². The Hall–Kier alpha value is -3.71. The van der Waals surface area contributed by atoms with Crippen LogP contribution in [0.15, 0.2) is 79.0 Å². The number of nitrogens with zero attached hydrogens (tertiary/aromatic N) is 2. The van der Waals surface area contributed by atoms with E-state index in [1.807, 2.05) is 47.4 Å². The summed E-state index contributed by atoms with van der Waals surface area (Å²) in [4.78, 5) is 31.9. The molecule has 1 aliphatic heterocycles. The first kappa shape index (κ1) is 23.1. The number of carbonyl (C=O) groups excluding carboxylic acids is 2. The molecule has 7 heteroatoms. The van der Waals surface area contributed by atoms with Crippen LogP contribution in [-0.2, 0) is 14.9 Å². The summed E-state index contributed by atoms with van der Waals surface area (Å²) in [5, 5.41) is 3.17. The van der Waals surface area contributed by atoms with Crippen LogP contribution in [0.5, 0.6) is 5.75 Å². The van der Waals surface area contributed by atoms with Crippen LogP contribution in [-0.4, -0.2) is 54.6 Å². The molecule has 1 spiro atoms. The molecule has 35 heavy (non-hydrogen) atoms. The number of amides is 2. The van der Waals surface area contributed by atoms with E-state index in [2.05, 4.69) is 22.4 Å². The minimum atomic E-state index is -0.297. The summed E-state index contributed by atoms with van der Waals surface area (Å²) in [7, 11) is 1.70. The maximum absolute atomic E-state index is 13.0. The van der Waals surface area contributed by atoms with Crippen molar-refractivity contribution in [1.29, 1.82) is 0 Å². The van der Waals surface area contributed by atoms with Gasteiger partial charge in [0.1, 0.15) is 11.4 Å². The van der Waals surface area contributed by atoms with Crippen molar-refractivity contribution in [3.8, 4) is 5.75 Å². The molecule has 0 bridgehead atoms. The van der Waals surface area contributed by atoms with E-state index in [4.69, 9.17) is 9.47 Å². The topological polar surface area (TPSA) is 80.8 Å². The van der Waals surface area contributed by atoms with Crippen molar-refractivity contribution >= 4 is 11.8 Å². The van der Waals surface area contributed by atoms with Crippen molar-refractivity contribution < 1.29 is 19.1 Å². The summed E-state index contributed by atoms with van der Waals surface area (Å²) in [6, 6.07) is 22.6. The van der Waals surface area contributed by atoms with Crippen molar-refractivity contribution in [1.82, 2.24) is 15.2 Å². The molecule has 2 aliphatic rings. The summed E-state index contributed by atoms with van der Waals surface area (Å²) in [6.07, 6.45) is 2.86. The van der Waals surface area contributed by atoms with Crippen molar-refractivity contribution in [3.63, 3.8) is 0 Å². The molecule has 0 saturated carbocycles. The molecule has 7 nitrogen and oxygen atoms in total. The average molecular weight is 472 g/mol. The van der Waals surface area contributed by atoms with E-state index in [1.54, 1.807) is 31.5 Å². The Balaban J connectivity index is 1.32. The fourth-order valence-electron chi connectivity index (χ4n) is 5.55. The van der Waals surface area contributed by atoms with Gasteiger partial charge in [-0.3, -0.25) is 14.6 Å². The molecule has 2 aromatic carbocycles. The number of hydrogen-bond donors (Lipinski definition) is 1. The number of carbonyl (C=O) groups is 2. The second-order valence-electron chi connectivity index (χ2n) is 9.05. The van der Waals surface area contributed by atoms with Crippen molar-refractivity contribution in [2.75, 3.05) is 26.8 Å². The highest BCUT2D eigenvalue weighted by molar-refractivity contribution is 5.92. The first-order valence-corrected chi connectivity index (χ1v) is 11.9. The average Bonchev–Trinajstić information content (AvgIpc) is 3.17. The molecular weight excluding hydrogens is 442 g/mol. The Labute approximate surface area is 205 Å². The normalized spacial score (nSPS) is 20.3. The van der Waals surface area contributed by atoms with Crippen LogP contribution in [0.1, 0.15) is 40.5 Å². The summed E-state index contributed by atoms with van der Waals surface area (Å²) in [5.74, 6) is 0.434. The van der Waals surface area contributed by atoms with Gasteiger partial charge in [-0.1, -0.05) is 48.5 Å². The van der Waals surface area contributed by atoms with Crippen LogP contribution < -0.4 is 10.1 Å². The molecule has 2 amide bonds. The zero-order valence-corrected chi connectivity index (χ0v) is 19.7. The molecule has 3 aromatic rings. The van der Waals surface area contributed by atoms with Gasteiger partial charge in [-0.25, -0.2) is 0 Å². The number of hydrogen-bond acceptors (Lipinski definition) is 5. The molecule has 1 saturated heterocycles. The first-order valence-electron chi connectivity index (χ1n) is 11.9. The molecule has 1 aliphatic carbocycles. The number of fused-ring (bicyclic) bond motifs is 2. The van der Waals surface area contributed by atoms with Crippen molar-refractivity contribution in [3.05, 3.63) is 95.8 Å². The Morgan fingerprint density at radius 1 is 1.00 bits per heavy atom. The van der Waals surface area contributed by atoms with E-state index in [1.165, 1.54) is 5.56 Å². The van der Waals surface area contributed by atoms with E-state index < -0.39 is 0 Å². The van der Waals surface area contributed by atoms with E-state index >= 15 is 0 Å². The maximum Gasteiger partial charge on any atom is 0.270 e. The number of methoxy groups -OCH3 is 1. The number of para-hydroxylation sites is 1. The van der Waals surface area contributed by atoms with Crippen LogP contribution in [0, 0.1) is 0 Å². The zero-order valence-electron chi connectivity index (χ0n) is 19.7. The largest absolute Gasteiger partial charge is 0.484 e. The lowest BCUT2D eigenvalue weighted by molar-refractivity contribution is -0.136. The zero-order chi connectivity index (χ0) is 24.3. The molecule has 1 fully saturated rings. The third-order valence-electron chi connectivity index (χ3n) is 7.23. The van der Waals surface area contributed by atoms with Gasteiger partial charge in [0.25, 0.3) is 11.8 Å². The van der Waals surface area contributed by atoms with Crippen LogP contribution in [0.4, 0.5) is 0 Å². The predicted octanol–water partition coefficient (Wildman–Crippen LogP) is 3.52. The smallest absolute Gasteiger partial charge is 0.270 e. The van der Waals surface area contributed by atoms with Crippen LogP contribution in [0.25, 0.3) is 0 Å². The highest BCUT2D eigenvalue weighted by Crippen LogP contribution is 2.52. The van der Waals surface area contributed by atoms with E-state index in [0.29, 0.717) is 24.5 Å². The van der Waals surface area contributed by atoms with Gasteiger partial charge in [-0.05, 0) is 48.2 Å². The molecule has 1 aromatic heterocycles. The summed E-state index contributed by atoms with van der Waals surface area (Å²) < 4.78 is 11.7. The van der Waals surface area contributed by atoms with Gasteiger partial charge in [0.05, 0.1) is 12.1 Å². The number of rotatable bonds is 6. The molecule has 0 unspecified atom stereocenters. The minimum Gasteiger partial charge on any atom is -0.484 e. The van der Waals surface area contributed by atoms with Gasteiger partial charge in [-0.15, -0.1) is 0 Å². The van der Waals surface area contributed by atoms with Crippen molar-refractivity contribution in [2.24, 2.45) is 0 Å². The summed E-state index contributed by atoms with van der Waals surface area (Å²) >= 11 is 0. The number of benzene rings is 2. The first-order chi connectivity index (χ1) is 17.1. The monoisotopic (exact) mass is 471 g/mol. The molecule has 180 valence electrons. The molecule has 2 heterocycles. The third-order valence-corrected chi connectivity index (χ3v) is 7.23. The van der Waals surface area contributed by atoms with Crippen LogP contribution >= 0.6 is 0 Å². The van der Waals surface area contributed by atoms with Crippen LogP contribution in [0.3, 0.4) is 0 Å². The van der Waals surface area contributed by atoms with Crippen LogP contribution in [0.2, 0.25) is 0 Å². The SMILES string of the molecule is CO[C@H]1[C@H](NC(=O)c2ccccn2)c2ccccc2C12CCN(C(=O)COc1ccccc1)CC2. The maximum atomic E-state index is 13.0. The molecule has 2 atom stereocenters. The van der Waals surface area contributed by atoms with Gasteiger partial charge < -0.3 is 19.7 Å². The standard InChI is InChI=1S/C28H29N3O4/c1-34-26-25(30-27(33)23-13-7-8-16-29-23)21-11-5-6-12-22(21)28(26)14-17-31(18-15-28)24(32)19-35-20-9-3-2-4-10-20/h2-13,16,25-26H,14-15,17-19H2,1H3,(H,30,33)/t25-,26+/m1/s1. The van der Waals surface area contributed by atoms with E-state index in [9.17, 15) is 9.59 Å². The predicted molar refractivity (Wildman–Crippen MR) is 131 cm³/mol. The third kappa shape index (κ3) is 4.39. The lowest BCUT2D eigenvalue weighted by Gasteiger charge is -2.44. The highest BCUT2D eigenvalue weighted by atomic mass is 16.5. The number of ether oxygens (including phenoxy) is 2. The number of likely N-dealkylation sites (tertiary alicyclic amines) is 1. The lowest BCUT2D eigenvalue weighted by Crippen LogP contribution is -2.52.